The largest absolute Gasteiger partial charge is 0.355 e. The fourth-order valence-electron chi connectivity index (χ4n) is 1.82. The summed E-state index contributed by atoms with van der Waals surface area (Å²) in [6.45, 7) is 4.63. The van der Waals surface area contributed by atoms with Crippen LogP contribution in [0.5, 0.6) is 0 Å². The van der Waals surface area contributed by atoms with E-state index in [1.807, 2.05) is 37.6 Å². The number of pyridine rings is 1. The third-order valence-electron chi connectivity index (χ3n) is 3.03. The number of aromatic nitrogens is 2. The summed E-state index contributed by atoms with van der Waals surface area (Å²) in [4.78, 5) is 21.8. The molecular weight excluding hydrogens is 302 g/mol. The van der Waals surface area contributed by atoms with Crippen LogP contribution >= 0.6 is 23.1 Å². The lowest BCUT2D eigenvalue weighted by molar-refractivity contribution is -0.120. The molecule has 0 saturated heterocycles. The second kappa shape index (κ2) is 8.14. The van der Waals surface area contributed by atoms with Gasteiger partial charge in [0.1, 0.15) is 0 Å². The third kappa shape index (κ3) is 5.13. The minimum absolute atomic E-state index is 0.0617. The van der Waals surface area contributed by atoms with Gasteiger partial charge in [0.25, 0.3) is 0 Å². The smallest absolute Gasteiger partial charge is 0.233 e. The Labute approximate surface area is 133 Å². The zero-order chi connectivity index (χ0) is 15.1. The third-order valence-corrected chi connectivity index (χ3v) is 5.07. The maximum atomic E-state index is 12.0. The lowest BCUT2D eigenvalue weighted by atomic mass is 10.2. The van der Waals surface area contributed by atoms with E-state index in [4.69, 9.17) is 0 Å². The van der Waals surface area contributed by atoms with Crippen molar-refractivity contribution in [2.45, 2.75) is 37.0 Å². The quantitative estimate of drug-likeness (QED) is 0.629. The number of amides is 1. The summed E-state index contributed by atoms with van der Waals surface area (Å²) in [6.07, 6.45) is 3.65. The highest BCUT2D eigenvalue weighted by Gasteiger charge is 2.14. The van der Waals surface area contributed by atoms with Crippen LogP contribution in [-0.4, -0.2) is 27.7 Å². The molecule has 2 aromatic rings. The zero-order valence-corrected chi connectivity index (χ0v) is 13.8. The Bertz CT molecular complexity index is 571. The molecule has 1 N–H and O–H groups in total. The lowest BCUT2D eigenvalue weighted by Crippen LogP contribution is -2.31. The standard InChI is InChI=1S/C15H19N3OS2/c1-11-13(20-10-18-11)6-5-9-17-15(19)12(2)21-14-7-3-4-8-16-14/h3-4,7-8,10,12H,5-6,9H2,1-2H3,(H,17,19)/t12-/m1/s1. The van der Waals surface area contributed by atoms with E-state index in [1.165, 1.54) is 16.6 Å². The van der Waals surface area contributed by atoms with Gasteiger partial charge < -0.3 is 5.32 Å². The van der Waals surface area contributed by atoms with E-state index in [0.717, 1.165) is 23.6 Å². The predicted molar refractivity (Wildman–Crippen MR) is 87.7 cm³/mol. The van der Waals surface area contributed by atoms with Crippen molar-refractivity contribution in [2.75, 3.05) is 6.54 Å². The highest BCUT2D eigenvalue weighted by atomic mass is 32.2. The molecule has 21 heavy (non-hydrogen) atoms. The molecule has 0 fully saturated rings. The summed E-state index contributed by atoms with van der Waals surface area (Å²) < 4.78 is 0. The Morgan fingerprint density at radius 1 is 1.43 bits per heavy atom. The van der Waals surface area contributed by atoms with E-state index in [1.54, 1.807) is 17.5 Å². The van der Waals surface area contributed by atoms with Crippen molar-refractivity contribution >= 4 is 29.0 Å². The van der Waals surface area contributed by atoms with Gasteiger partial charge >= 0.3 is 0 Å². The van der Waals surface area contributed by atoms with Crippen LogP contribution in [0.1, 0.15) is 23.9 Å². The summed E-state index contributed by atoms with van der Waals surface area (Å²) in [5, 5.41) is 3.72. The first kappa shape index (κ1) is 16.0. The van der Waals surface area contributed by atoms with Crippen molar-refractivity contribution in [2.24, 2.45) is 0 Å². The Kier molecular flexibility index (Phi) is 6.20. The average Bonchev–Trinajstić information content (AvgIpc) is 2.90. The number of thioether (sulfide) groups is 1. The van der Waals surface area contributed by atoms with Gasteiger partial charge in [-0.2, -0.15) is 0 Å². The number of nitrogens with zero attached hydrogens (tertiary/aromatic N) is 2. The number of aryl methyl sites for hydroxylation is 2. The molecule has 0 aromatic carbocycles. The number of nitrogens with one attached hydrogen (secondary N) is 1. The van der Waals surface area contributed by atoms with Gasteiger partial charge in [-0.1, -0.05) is 17.8 Å². The van der Waals surface area contributed by atoms with Crippen LogP contribution in [0, 0.1) is 6.92 Å². The minimum atomic E-state index is -0.134. The molecule has 1 amide bonds. The van der Waals surface area contributed by atoms with Crippen LogP contribution in [-0.2, 0) is 11.2 Å². The molecule has 6 heteroatoms. The fraction of sp³-hybridized carbons (Fsp3) is 0.400. The van der Waals surface area contributed by atoms with E-state index >= 15 is 0 Å². The van der Waals surface area contributed by atoms with Crippen LogP contribution in [0.2, 0.25) is 0 Å². The highest BCUT2D eigenvalue weighted by molar-refractivity contribution is 8.00. The van der Waals surface area contributed by atoms with Crippen molar-refractivity contribution in [3.05, 3.63) is 40.5 Å². The minimum Gasteiger partial charge on any atom is -0.355 e. The molecule has 0 unspecified atom stereocenters. The summed E-state index contributed by atoms with van der Waals surface area (Å²) in [5.74, 6) is 0.0617. The van der Waals surface area contributed by atoms with Gasteiger partial charge in [0, 0.05) is 17.6 Å². The first-order valence-corrected chi connectivity index (χ1v) is 8.67. The molecule has 0 aliphatic heterocycles. The second-order valence-corrected chi connectivity index (χ2v) is 6.98. The van der Waals surface area contributed by atoms with Gasteiger partial charge in [0.05, 0.1) is 21.5 Å². The van der Waals surface area contributed by atoms with E-state index in [0.29, 0.717) is 6.54 Å². The van der Waals surface area contributed by atoms with Crippen LogP contribution in [0.4, 0.5) is 0 Å². The van der Waals surface area contributed by atoms with Crippen LogP contribution in [0.3, 0.4) is 0 Å². The lowest BCUT2D eigenvalue weighted by Gasteiger charge is -2.11. The van der Waals surface area contributed by atoms with E-state index in [-0.39, 0.29) is 11.2 Å². The topological polar surface area (TPSA) is 54.9 Å². The van der Waals surface area contributed by atoms with E-state index in [2.05, 4.69) is 15.3 Å². The molecule has 0 saturated carbocycles. The average molecular weight is 321 g/mol. The molecule has 2 rings (SSSR count). The number of carbonyl (C=O) groups excluding carboxylic acids is 1. The number of thiazole rings is 1. The Morgan fingerprint density at radius 2 is 2.29 bits per heavy atom. The van der Waals surface area contributed by atoms with Gasteiger partial charge in [-0.25, -0.2) is 9.97 Å². The Morgan fingerprint density at radius 3 is 2.95 bits per heavy atom. The molecule has 0 aliphatic carbocycles. The van der Waals surface area contributed by atoms with Gasteiger partial charge in [-0.15, -0.1) is 11.3 Å². The van der Waals surface area contributed by atoms with Gasteiger partial charge in [-0.3, -0.25) is 4.79 Å². The monoisotopic (exact) mass is 321 g/mol. The molecule has 0 spiro atoms. The van der Waals surface area contributed by atoms with Crippen molar-refractivity contribution < 1.29 is 4.79 Å². The summed E-state index contributed by atoms with van der Waals surface area (Å²) >= 11 is 3.16. The van der Waals surface area contributed by atoms with Gasteiger partial charge in [0.15, 0.2) is 0 Å². The summed E-state index contributed by atoms with van der Waals surface area (Å²) in [6, 6.07) is 5.72. The van der Waals surface area contributed by atoms with Crippen LogP contribution in [0.25, 0.3) is 0 Å². The molecule has 2 heterocycles. The molecule has 2 aromatic heterocycles. The van der Waals surface area contributed by atoms with Crippen LogP contribution < -0.4 is 5.32 Å². The maximum Gasteiger partial charge on any atom is 0.233 e. The van der Waals surface area contributed by atoms with E-state index < -0.39 is 0 Å². The first-order chi connectivity index (χ1) is 10.2. The van der Waals surface area contributed by atoms with Crippen molar-refractivity contribution in [1.29, 1.82) is 0 Å². The van der Waals surface area contributed by atoms with Crippen molar-refractivity contribution in [3.8, 4) is 0 Å². The summed E-state index contributed by atoms with van der Waals surface area (Å²) in [5.41, 5.74) is 2.97. The van der Waals surface area contributed by atoms with Crippen molar-refractivity contribution in [1.82, 2.24) is 15.3 Å². The molecule has 112 valence electrons. The first-order valence-electron chi connectivity index (χ1n) is 6.91. The second-order valence-electron chi connectivity index (χ2n) is 4.68. The molecule has 0 radical (unpaired) electrons. The fourth-order valence-corrected chi connectivity index (χ4v) is 3.48. The summed E-state index contributed by atoms with van der Waals surface area (Å²) in [7, 11) is 0. The Balaban J connectivity index is 1.68. The maximum absolute atomic E-state index is 12.0. The normalized spacial score (nSPS) is 12.1. The van der Waals surface area contributed by atoms with Gasteiger partial charge in [0.2, 0.25) is 5.91 Å². The Hall–Kier alpha value is -1.40. The van der Waals surface area contributed by atoms with Crippen LogP contribution in [0.15, 0.2) is 34.9 Å². The number of hydrogen-bond acceptors (Lipinski definition) is 5. The number of hydrogen-bond donors (Lipinski definition) is 1. The molecule has 1 atom stereocenters. The molecular formula is C15H19N3OS2. The van der Waals surface area contributed by atoms with Crippen molar-refractivity contribution in [3.63, 3.8) is 0 Å². The molecule has 4 nitrogen and oxygen atoms in total. The zero-order valence-electron chi connectivity index (χ0n) is 12.2. The number of rotatable bonds is 7. The SMILES string of the molecule is Cc1ncsc1CCCNC(=O)[C@@H](C)Sc1ccccn1. The number of carbonyl (C=O) groups is 1. The highest BCUT2D eigenvalue weighted by Crippen LogP contribution is 2.20. The molecule has 0 aliphatic rings. The predicted octanol–water partition coefficient (Wildman–Crippen LogP) is 3.08. The molecule has 0 bridgehead atoms. The van der Waals surface area contributed by atoms with Gasteiger partial charge in [-0.05, 0) is 38.8 Å². The van der Waals surface area contributed by atoms with E-state index in [9.17, 15) is 4.79 Å².